The predicted octanol–water partition coefficient (Wildman–Crippen LogP) is 1.39. The molecule has 88 valence electrons. The molecule has 0 spiro atoms. The van der Waals surface area contributed by atoms with Crippen molar-refractivity contribution in [3.63, 3.8) is 0 Å². The average Bonchev–Trinajstić information content (AvgIpc) is 2.67. The summed E-state index contributed by atoms with van der Waals surface area (Å²) >= 11 is 0. The third-order valence-corrected chi connectivity index (χ3v) is 2.82. The van der Waals surface area contributed by atoms with Crippen molar-refractivity contribution in [1.29, 1.82) is 0 Å². The van der Waals surface area contributed by atoms with Gasteiger partial charge in [-0.25, -0.2) is 4.98 Å². The predicted molar refractivity (Wildman–Crippen MR) is 63.4 cm³/mol. The van der Waals surface area contributed by atoms with E-state index in [2.05, 4.69) is 29.1 Å². The molecule has 1 unspecified atom stereocenters. The van der Waals surface area contributed by atoms with Gasteiger partial charge in [0.1, 0.15) is 5.82 Å². The van der Waals surface area contributed by atoms with E-state index in [1.807, 2.05) is 0 Å². The van der Waals surface area contributed by atoms with Gasteiger partial charge < -0.3 is 10.3 Å². The summed E-state index contributed by atoms with van der Waals surface area (Å²) in [5, 5.41) is 3.35. The SMILES string of the molecule is CC(C)Cc1cc(=O)[nH]c(C2CCCN2)n1. The number of H-pyrrole nitrogens is 1. The summed E-state index contributed by atoms with van der Waals surface area (Å²) in [6.45, 7) is 5.29. The highest BCUT2D eigenvalue weighted by Crippen LogP contribution is 2.19. The second-order valence-corrected chi connectivity index (χ2v) is 4.87. The molecule has 0 saturated carbocycles. The third kappa shape index (κ3) is 2.70. The van der Waals surface area contributed by atoms with Crippen LogP contribution in [0.15, 0.2) is 10.9 Å². The van der Waals surface area contributed by atoms with E-state index >= 15 is 0 Å². The number of hydrogen-bond donors (Lipinski definition) is 2. The first-order valence-electron chi connectivity index (χ1n) is 5.98. The molecule has 0 radical (unpaired) electrons. The van der Waals surface area contributed by atoms with Gasteiger partial charge in [0, 0.05) is 11.8 Å². The van der Waals surface area contributed by atoms with Gasteiger partial charge in [0.05, 0.1) is 6.04 Å². The Morgan fingerprint density at radius 2 is 2.38 bits per heavy atom. The highest BCUT2D eigenvalue weighted by molar-refractivity contribution is 5.07. The Kier molecular flexibility index (Phi) is 3.39. The standard InChI is InChI=1S/C12H19N3O/c1-8(2)6-9-7-11(16)15-12(14-9)10-4-3-5-13-10/h7-8,10,13H,3-6H2,1-2H3,(H,14,15,16). The average molecular weight is 221 g/mol. The van der Waals surface area contributed by atoms with Crippen molar-refractivity contribution < 1.29 is 0 Å². The molecule has 2 rings (SSSR count). The molecule has 2 heterocycles. The zero-order valence-corrected chi connectivity index (χ0v) is 9.92. The van der Waals surface area contributed by atoms with Crippen LogP contribution in [0.4, 0.5) is 0 Å². The lowest BCUT2D eigenvalue weighted by molar-refractivity contribution is 0.581. The first kappa shape index (κ1) is 11.3. The van der Waals surface area contributed by atoms with E-state index in [0.29, 0.717) is 5.92 Å². The number of aromatic amines is 1. The molecule has 0 aliphatic carbocycles. The zero-order chi connectivity index (χ0) is 11.5. The first-order valence-corrected chi connectivity index (χ1v) is 5.98. The van der Waals surface area contributed by atoms with Crippen molar-refractivity contribution in [3.05, 3.63) is 27.9 Å². The van der Waals surface area contributed by atoms with Crippen molar-refractivity contribution in [2.24, 2.45) is 5.92 Å². The molecule has 4 nitrogen and oxygen atoms in total. The summed E-state index contributed by atoms with van der Waals surface area (Å²) in [7, 11) is 0. The normalized spacial score (nSPS) is 20.6. The van der Waals surface area contributed by atoms with Crippen LogP contribution in [0.5, 0.6) is 0 Å². The lowest BCUT2D eigenvalue weighted by Crippen LogP contribution is -2.21. The molecule has 1 aromatic rings. The van der Waals surface area contributed by atoms with Crippen LogP contribution in [0.1, 0.15) is 44.2 Å². The number of nitrogens with zero attached hydrogens (tertiary/aromatic N) is 1. The summed E-state index contributed by atoms with van der Waals surface area (Å²) in [5.74, 6) is 1.33. The van der Waals surface area contributed by atoms with Crippen LogP contribution in [0.25, 0.3) is 0 Å². The largest absolute Gasteiger partial charge is 0.309 e. The lowest BCUT2D eigenvalue weighted by atomic mass is 10.1. The molecule has 1 aliphatic heterocycles. The summed E-state index contributed by atoms with van der Waals surface area (Å²) in [5.41, 5.74) is 0.872. The van der Waals surface area contributed by atoms with Gasteiger partial charge in [-0.1, -0.05) is 13.8 Å². The molecular formula is C12H19N3O. The molecule has 16 heavy (non-hydrogen) atoms. The topological polar surface area (TPSA) is 57.8 Å². The van der Waals surface area contributed by atoms with Crippen LogP contribution in [-0.2, 0) is 6.42 Å². The van der Waals surface area contributed by atoms with Crippen LogP contribution in [-0.4, -0.2) is 16.5 Å². The van der Waals surface area contributed by atoms with Crippen LogP contribution in [0.2, 0.25) is 0 Å². The highest BCUT2D eigenvalue weighted by Gasteiger charge is 2.18. The molecule has 1 atom stereocenters. The smallest absolute Gasteiger partial charge is 0.251 e. The zero-order valence-electron chi connectivity index (χ0n) is 9.92. The van der Waals surface area contributed by atoms with E-state index in [4.69, 9.17) is 0 Å². The van der Waals surface area contributed by atoms with E-state index in [-0.39, 0.29) is 11.6 Å². The first-order chi connectivity index (χ1) is 7.65. The van der Waals surface area contributed by atoms with E-state index in [1.54, 1.807) is 6.07 Å². The van der Waals surface area contributed by atoms with Gasteiger partial charge in [-0.2, -0.15) is 0 Å². The number of aromatic nitrogens is 2. The van der Waals surface area contributed by atoms with Crippen LogP contribution >= 0.6 is 0 Å². The summed E-state index contributed by atoms with van der Waals surface area (Å²) in [4.78, 5) is 18.9. The van der Waals surface area contributed by atoms with Crippen LogP contribution in [0.3, 0.4) is 0 Å². The van der Waals surface area contributed by atoms with Gasteiger partial charge in [0.2, 0.25) is 0 Å². The molecule has 0 amide bonds. The molecule has 1 aliphatic rings. The summed E-state index contributed by atoms with van der Waals surface area (Å²) < 4.78 is 0. The number of nitrogens with one attached hydrogen (secondary N) is 2. The third-order valence-electron chi connectivity index (χ3n) is 2.82. The Balaban J connectivity index is 2.24. The highest BCUT2D eigenvalue weighted by atomic mass is 16.1. The monoisotopic (exact) mass is 221 g/mol. The maximum atomic E-state index is 11.5. The molecule has 1 fully saturated rings. The number of rotatable bonds is 3. The molecule has 0 bridgehead atoms. The Labute approximate surface area is 95.5 Å². The molecule has 2 N–H and O–H groups in total. The molecule has 1 aromatic heterocycles. The van der Waals surface area contributed by atoms with Crippen LogP contribution in [0, 0.1) is 5.92 Å². The minimum atomic E-state index is -0.0330. The Hall–Kier alpha value is -1.16. The minimum Gasteiger partial charge on any atom is -0.309 e. The van der Waals surface area contributed by atoms with Crippen molar-refractivity contribution in [3.8, 4) is 0 Å². The van der Waals surface area contributed by atoms with Crippen molar-refractivity contribution >= 4 is 0 Å². The maximum Gasteiger partial charge on any atom is 0.251 e. The summed E-state index contributed by atoms with van der Waals surface area (Å²) in [6, 6.07) is 1.85. The van der Waals surface area contributed by atoms with Gasteiger partial charge in [0.25, 0.3) is 5.56 Å². The van der Waals surface area contributed by atoms with E-state index in [0.717, 1.165) is 37.3 Å². The fourth-order valence-corrected chi connectivity index (χ4v) is 2.13. The molecular weight excluding hydrogens is 202 g/mol. The van der Waals surface area contributed by atoms with Crippen molar-refractivity contribution in [1.82, 2.24) is 15.3 Å². The molecule has 1 saturated heterocycles. The van der Waals surface area contributed by atoms with Gasteiger partial charge >= 0.3 is 0 Å². The van der Waals surface area contributed by atoms with Crippen molar-refractivity contribution in [2.75, 3.05) is 6.54 Å². The Bertz CT molecular complexity index is 405. The minimum absolute atomic E-state index is 0.0330. The van der Waals surface area contributed by atoms with Crippen LogP contribution < -0.4 is 10.9 Å². The lowest BCUT2D eigenvalue weighted by Gasteiger charge is -2.11. The summed E-state index contributed by atoms with van der Waals surface area (Å²) in [6.07, 6.45) is 3.08. The number of hydrogen-bond acceptors (Lipinski definition) is 3. The second kappa shape index (κ2) is 4.78. The second-order valence-electron chi connectivity index (χ2n) is 4.87. The van der Waals surface area contributed by atoms with Gasteiger partial charge in [-0.3, -0.25) is 4.79 Å². The van der Waals surface area contributed by atoms with Gasteiger partial charge in [-0.05, 0) is 31.7 Å². The van der Waals surface area contributed by atoms with Gasteiger partial charge in [-0.15, -0.1) is 0 Å². The van der Waals surface area contributed by atoms with E-state index in [1.165, 1.54) is 0 Å². The van der Waals surface area contributed by atoms with Gasteiger partial charge in [0.15, 0.2) is 0 Å². The van der Waals surface area contributed by atoms with E-state index in [9.17, 15) is 4.79 Å². The Morgan fingerprint density at radius 1 is 1.56 bits per heavy atom. The molecule has 4 heteroatoms. The fourth-order valence-electron chi connectivity index (χ4n) is 2.13. The maximum absolute atomic E-state index is 11.5. The van der Waals surface area contributed by atoms with E-state index < -0.39 is 0 Å². The Morgan fingerprint density at radius 3 is 3.00 bits per heavy atom. The van der Waals surface area contributed by atoms with Crippen molar-refractivity contribution in [2.45, 2.75) is 39.2 Å². The molecule has 0 aromatic carbocycles. The fraction of sp³-hybridized carbons (Fsp3) is 0.667. The quantitative estimate of drug-likeness (QED) is 0.811.